The molecule has 2 aromatic heterocycles. The van der Waals surface area contributed by atoms with Crippen LogP contribution in [0.25, 0.3) is 11.2 Å². The van der Waals surface area contributed by atoms with Crippen LogP contribution in [0.2, 0.25) is 0 Å². The first-order valence-electron chi connectivity index (χ1n) is 11.0. The molecule has 0 spiro atoms. The summed E-state index contributed by atoms with van der Waals surface area (Å²) in [5, 5.41) is -0.589. The first kappa shape index (κ1) is 19.8. The fraction of sp³-hybridized carbons (Fsp3) is 0.750. The third-order valence-corrected chi connectivity index (χ3v) is 9.12. The molecule has 2 N–H and O–H groups in total. The van der Waals surface area contributed by atoms with Crippen molar-refractivity contribution in [3.63, 3.8) is 0 Å². The van der Waals surface area contributed by atoms with Gasteiger partial charge >= 0.3 is 5.69 Å². The zero-order valence-electron chi connectivity index (χ0n) is 17.3. The van der Waals surface area contributed by atoms with Gasteiger partial charge in [-0.15, -0.1) is 0 Å². The Balaban J connectivity index is 1.71. The summed E-state index contributed by atoms with van der Waals surface area (Å²) in [5.74, 6) is 0.926. The highest BCUT2D eigenvalue weighted by Gasteiger charge is 2.36. The van der Waals surface area contributed by atoms with Gasteiger partial charge in [-0.05, 0) is 69.1 Å². The summed E-state index contributed by atoms with van der Waals surface area (Å²) < 4.78 is 30.7. The summed E-state index contributed by atoms with van der Waals surface area (Å²) in [6.45, 7) is 2.89. The predicted molar refractivity (Wildman–Crippen MR) is 114 cm³/mol. The molecule has 0 amide bonds. The first-order valence-corrected chi connectivity index (χ1v) is 12.5. The second-order valence-corrected chi connectivity index (χ2v) is 11.6. The van der Waals surface area contributed by atoms with E-state index in [1.165, 1.54) is 9.13 Å². The minimum Gasteiger partial charge on any atom is -0.368 e. The van der Waals surface area contributed by atoms with Crippen molar-refractivity contribution in [2.45, 2.75) is 76.6 Å². The number of nitrogen functional groups attached to an aromatic ring is 1. The van der Waals surface area contributed by atoms with E-state index in [4.69, 9.17) is 5.73 Å². The Bertz CT molecular complexity index is 1210. The summed E-state index contributed by atoms with van der Waals surface area (Å²) in [7, 11) is -3.89. The van der Waals surface area contributed by atoms with Gasteiger partial charge in [-0.2, -0.15) is 8.96 Å². The Morgan fingerprint density at radius 1 is 0.933 bits per heavy atom. The maximum absolute atomic E-state index is 13.5. The minimum absolute atomic E-state index is 0.0629. The summed E-state index contributed by atoms with van der Waals surface area (Å²) >= 11 is 0. The highest BCUT2D eigenvalue weighted by molar-refractivity contribution is 7.90. The topological polar surface area (TPSA) is 122 Å². The SMILES string of the molecule is CC1CCC(S(=O)(=O)n2c(N)nc3c2c(=O)n(CC2CC2)c(=O)n3CC2CC2)CC1. The summed E-state index contributed by atoms with van der Waals surface area (Å²) in [5.41, 5.74) is 5.13. The Kier molecular flexibility index (Phi) is 4.61. The lowest BCUT2D eigenvalue weighted by atomic mass is 9.91. The summed E-state index contributed by atoms with van der Waals surface area (Å²) in [6, 6.07) is 0. The van der Waals surface area contributed by atoms with Crippen molar-refractivity contribution in [3.8, 4) is 0 Å². The van der Waals surface area contributed by atoms with E-state index in [0.29, 0.717) is 43.7 Å². The molecule has 0 saturated heterocycles. The van der Waals surface area contributed by atoms with Crippen LogP contribution in [-0.2, 0) is 23.1 Å². The maximum Gasteiger partial charge on any atom is 0.332 e. The molecule has 0 bridgehead atoms. The van der Waals surface area contributed by atoms with Crippen molar-refractivity contribution in [1.82, 2.24) is 18.1 Å². The third-order valence-electron chi connectivity index (χ3n) is 6.92. The van der Waals surface area contributed by atoms with Gasteiger partial charge in [0.15, 0.2) is 11.2 Å². The van der Waals surface area contributed by atoms with E-state index in [1.54, 1.807) is 0 Å². The predicted octanol–water partition coefficient (Wildman–Crippen LogP) is 1.52. The van der Waals surface area contributed by atoms with Crippen LogP contribution in [0.5, 0.6) is 0 Å². The van der Waals surface area contributed by atoms with Crippen molar-refractivity contribution in [2.24, 2.45) is 17.8 Å². The molecule has 9 nitrogen and oxygen atoms in total. The molecular weight excluding hydrogens is 406 g/mol. The molecule has 0 aliphatic heterocycles. The summed E-state index contributed by atoms with van der Waals surface area (Å²) in [6.07, 6.45) is 6.73. The van der Waals surface area contributed by atoms with Gasteiger partial charge < -0.3 is 5.73 Å². The molecule has 0 radical (unpaired) electrons. The molecule has 0 atom stereocenters. The van der Waals surface area contributed by atoms with Crippen molar-refractivity contribution in [1.29, 1.82) is 0 Å². The molecule has 2 aromatic rings. The van der Waals surface area contributed by atoms with Gasteiger partial charge in [0.2, 0.25) is 16.0 Å². The van der Waals surface area contributed by atoms with E-state index < -0.39 is 26.5 Å². The van der Waals surface area contributed by atoms with E-state index in [9.17, 15) is 18.0 Å². The molecule has 3 aliphatic carbocycles. The normalized spacial score (nSPS) is 25.1. The van der Waals surface area contributed by atoms with Crippen LogP contribution in [0.15, 0.2) is 9.59 Å². The van der Waals surface area contributed by atoms with Gasteiger partial charge in [0.05, 0.1) is 5.25 Å². The number of rotatable bonds is 6. The molecule has 2 heterocycles. The monoisotopic (exact) mass is 435 g/mol. The fourth-order valence-corrected chi connectivity index (χ4v) is 6.49. The molecule has 0 unspecified atom stereocenters. The smallest absolute Gasteiger partial charge is 0.332 e. The van der Waals surface area contributed by atoms with Crippen LogP contribution in [0.3, 0.4) is 0 Å². The number of anilines is 1. The maximum atomic E-state index is 13.5. The van der Waals surface area contributed by atoms with E-state index in [0.717, 1.165) is 42.5 Å². The standard InChI is InChI=1S/C20H29N5O4S/c1-12-2-8-15(9-3-12)30(28,29)25-16-17(22-19(25)21)23(10-13-4-5-13)20(27)24(18(16)26)11-14-6-7-14/h12-15H,2-11H2,1H3,(H2,21,22). The second-order valence-electron chi connectivity index (χ2n) is 9.53. The van der Waals surface area contributed by atoms with Crippen LogP contribution in [0.1, 0.15) is 58.3 Å². The average Bonchev–Trinajstić information content (AvgIpc) is 3.62. The minimum atomic E-state index is -3.89. The molecule has 0 aromatic carbocycles. The molecular formula is C20H29N5O4S. The van der Waals surface area contributed by atoms with E-state index >= 15 is 0 Å². The van der Waals surface area contributed by atoms with Crippen molar-refractivity contribution in [3.05, 3.63) is 20.8 Å². The van der Waals surface area contributed by atoms with Crippen LogP contribution >= 0.6 is 0 Å². The molecule has 3 aliphatic rings. The third kappa shape index (κ3) is 3.29. The number of imidazole rings is 1. The van der Waals surface area contributed by atoms with Gasteiger partial charge in [-0.3, -0.25) is 13.9 Å². The van der Waals surface area contributed by atoms with E-state index in [2.05, 4.69) is 11.9 Å². The van der Waals surface area contributed by atoms with Crippen LogP contribution in [0, 0.1) is 17.8 Å². The molecule has 10 heteroatoms. The van der Waals surface area contributed by atoms with Crippen LogP contribution < -0.4 is 17.0 Å². The Morgan fingerprint density at radius 2 is 1.50 bits per heavy atom. The number of nitrogens with two attached hydrogens (primary N) is 1. The van der Waals surface area contributed by atoms with Gasteiger partial charge in [0, 0.05) is 13.1 Å². The molecule has 164 valence electrons. The van der Waals surface area contributed by atoms with E-state index in [1.807, 2.05) is 0 Å². The molecule has 5 rings (SSSR count). The Morgan fingerprint density at radius 3 is 2.07 bits per heavy atom. The van der Waals surface area contributed by atoms with Crippen molar-refractivity contribution >= 4 is 27.1 Å². The number of hydrogen-bond acceptors (Lipinski definition) is 6. The molecule has 3 saturated carbocycles. The highest BCUT2D eigenvalue weighted by atomic mass is 32.2. The van der Waals surface area contributed by atoms with E-state index in [-0.39, 0.29) is 17.1 Å². The zero-order valence-corrected chi connectivity index (χ0v) is 18.1. The number of aromatic nitrogens is 4. The van der Waals surface area contributed by atoms with Gasteiger partial charge in [-0.1, -0.05) is 6.92 Å². The quantitative estimate of drug-likeness (QED) is 0.734. The fourth-order valence-electron chi connectivity index (χ4n) is 4.61. The molecule has 30 heavy (non-hydrogen) atoms. The Hall–Kier alpha value is -2.10. The molecule has 3 fully saturated rings. The van der Waals surface area contributed by atoms with Gasteiger partial charge in [-0.25, -0.2) is 13.2 Å². The highest BCUT2D eigenvalue weighted by Crippen LogP contribution is 2.34. The Labute approximate surface area is 174 Å². The summed E-state index contributed by atoms with van der Waals surface area (Å²) in [4.78, 5) is 30.7. The number of nitrogens with zero attached hydrogens (tertiary/aromatic N) is 4. The largest absolute Gasteiger partial charge is 0.368 e. The first-order chi connectivity index (χ1) is 14.3. The average molecular weight is 436 g/mol. The van der Waals surface area contributed by atoms with Gasteiger partial charge in [0.25, 0.3) is 5.56 Å². The lowest BCUT2D eigenvalue weighted by molar-refractivity contribution is 0.381. The lowest BCUT2D eigenvalue weighted by Gasteiger charge is -2.26. The second kappa shape index (κ2) is 6.96. The van der Waals surface area contributed by atoms with Crippen LogP contribution in [-0.4, -0.2) is 31.8 Å². The van der Waals surface area contributed by atoms with Crippen molar-refractivity contribution in [2.75, 3.05) is 5.73 Å². The van der Waals surface area contributed by atoms with Gasteiger partial charge in [0.1, 0.15) is 0 Å². The number of hydrogen-bond donors (Lipinski definition) is 1. The lowest BCUT2D eigenvalue weighted by Crippen LogP contribution is -2.42. The van der Waals surface area contributed by atoms with Crippen molar-refractivity contribution < 1.29 is 8.42 Å². The number of fused-ring (bicyclic) bond motifs is 1. The van der Waals surface area contributed by atoms with Crippen LogP contribution in [0.4, 0.5) is 5.95 Å². The zero-order chi connectivity index (χ0) is 21.2.